The van der Waals surface area contributed by atoms with Crippen LogP contribution in [0.25, 0.3) is 0 Å². The van der Waals surface area contributed by atoms with Crippen LogP contribution in [0.3, 0.4) is 0 Å². The third kappa shape index (κ3) is 31.8. The van der Waals surface area contributed by atoms with Crippen molar-refractivity contribution in [2.75, 3.05) is 33.9 Å². The molecule has 0 fully saturated rings. The molecule has 1 N–H and O–H groups in total. The Morgan fingerprint density at radius 1 is 0.469 bits per heavy atom. The van der Waals surface area contributed by atoms with Gasteiger partial charge in [-0.05, 0) is 77.0 Å². The van der Waals surface area contributed by atoms with Gasteiger partial charge in [0.1, 0.15) is 6.54 Å². The van der Waals surface area contributed by atoms with Crippen molar-refractivity contribution < 1.29 is 19.3 Å². The fourth-order valence-electron chi connectivity index (χ4n) is 7.08. The van der Waals surface area contributed by atoms with Crippen molar-refractivity contribution in [3.63, 3.8) is 0 Å². The van der Waals surface area contributed by atoms with Crippen LogP contribution >= 0.6 is 0 Å². The first-order valence-electron chi connectivity index (χ1n) is 22.0. The van der Waals surface area contributed by atoms with Gasteiger partial charge in [-0.25, -0.2) is 5.21 Å². The van der Waals surface area contributed by atoms with Crippen LogP contribution in [0.15, 0.2) is 24.3 Å². The normalized spacial score (nSPS) is 13.4. The van der Waals surface area contributed by atoms with E-state index in [0.29, 0.717) is 6.54 Å². The first-order chi connectivity index (χ1) is 23.8. The zero-order valence-electron chi connectivity index (χ0n) is 34.4. The number of quaternary nitrogens is 1. The number of hydrogen-bond donors (Lipinski definition) is 1. The van der Waals surface area contributed by atoms with E-state index in [1.54, 1.807) is 0 Å². The predicted molar refractivity (Wildman–Crippen MR) is 216 cm³/mol. The molecule has 1 unspecified atom stereocenters. The van der Waals surface area contributed by atoms with Crippen LogP contribution < -0.4 is 0 Å². The zero-order valence-corrected chi connectivity index (χ0v) is 34.4. The molecule has 4 nitrogen and oxygen atoms in total. The molecule has 292 valence electrons. The van der Waals surface area contributed by atoms with Crippen LogP contribution in [0.5, 0.6) is 0 Å². The highest BCUT2D eigenvalue weighted by atomic mass is 16.7. The van der Waals surface area contributed by atoms with Gasteiger partial charge in [0.25, 0.3) is 0 Å². The van der Waals surface area contributed by atoms with E-state index in [1.165, 1.54) is 167 Å². The maximum absolute atomic E-state index is 10.6. The summed E-state index contributed by atoms with van der Waals surface area (Å²) in [4.78, 5) is 0. The Hall–Kier alpha value is -0.680. The van der Waals surface area contributed by atoms with Gasteiger partial charge in [0, 0.05) is 0 Å². The molecule has 0 aromatic carbocycles. The molecule has 1 atom stereocenters. The van der Waals surface area contributed by atoms with Gasteiger partial charge < -0.3 is 9.47 Å². The van der Waals surface area contributed by atoms with E-state index in [0.717, 1.165) is 38.9 Å². The van der Waals surface area contributed by atoms with Crippen LogP contribution in [0, 0.1) is 5.92 Å². The molecule has 0 heterocycles. The number of hydrogen-bond acceptors (Lipinski definition) is 3. The minimum absolute atomic E-state index is 0.0462. The van der Waals surface area contributed by atoms with Crippen LogP contribution in [0.4, 0.5) is 0 Å². The minimum atomic E-state index is -0.601. The van der Waals surface area contributed by atoms with Crippen LogP contribution in [0.1, 0.15) is 220 Å². The maximum atomic E-state index is 10.6. The van der Waals surface area contributed by atoms with E-state index in [2.05, 4.69) is 52.0 Å². The number of allylic oxidation sites excluding steroid dienone is 4. The van der Waals surface area contributed by atoms with Crippen LogP contribution in [-0.2, 0) is 9.47 Å². The van der Waals surface area contributed by atoms with Crippen molar-refractivity contribution in [2.45, 2.75) is 226 Å². The SMILES string of the molecule is CCCCCCCC/C=C\CCCCCCCCOC(CC)(OCCCCCCCC/C=C\CCCCCCCC)C(CC)C[N+](C)(C)O. The second kappa shape index (κ2) is 35.7. The van der Waals surface area contributed by atoms with Gasteiger partial charge in [0.2, 0.25) is 0 Å². The van der Waals surface area contributed by atoms with Crippen molar-refractivity contribution in [3.8, 4) is 0 Å². The number of ether oxygens (including phenoxy) is 2. The summed E-state index contributed by atoms with van der Waals surface area (Å²) in [7, 11) is 3.72. The molecule has 0 amide bonds. The molecular weight excluding hydrogens is 602 g/mol. The lowest BCUT2D eigenvalue weighted by molar-refractivity contribution is -1.08. The highest BCUT2D eigenvalue weighted by Crippen LogP contribution is 2.33. The van der Waals surface area contributed by atoms with Gasteiger partial charge in [0.15, 0.2) is 5.79 Å². The average molecular weight is 693 g/mol. The van der Waals surface area contributed by atoms with Gasteiger partial charge in [-0.1, -0.05) is 168 Å². The topological polar surface area (TPSA) is 38.7 Å². The van der Waals surface area contributed by atoms with Gasteiger partial charge in [-0.15, -0.1) is 0 Å². The van der Waals surface area contributed by atoms with E-state index in [4.69, 9.17) is 9.47 Å². The van der Waals surface area contributed by atoms with E-state index >= 15 is 0 Å². The van der Waals surface area contributed by atoms with E-state index in [1.807, 2.05) is 14.1 Å². The monoisotopic (exact) mass is 693 g/mol. The molecule has 0 spiro atoms. The second-order valence-electron chi connectivity index (χ2n) is 15.6. The largest absolute Gasteiger partial charge is 0.349 e. The Balaban J connectivity index is 4.22. The standard InChI is InChI=1S/C45H90NO3/c1-7-11-13-15-17-19-21-23-25-27-29-31-33-35-37-39-41-48-45(10-4,44(9-3)43-46(5,6)47)49-42-40-38-36-34-32-30-28-26-24-22-20-18-16-14-12-8-2/h23-26,44,47H,7-22,27-43H2,1-6H3/q+1/b25-23-,26-24-. The van der Waals surface area contributed by atoms with Crippen molar-refractivity contribution in [2.24, 2.45) is 5.92 Å². The van der Waals surface area contributed by atoms with Gasteiger partial charge >= 0.3 is 0 Å². The van der Waals surface area contributed by atoms with Crippen molar-refractivity contribution in [1.29, 1.82) is 0 Å². The predicted octanol–water partition coefficient (Wildman–Crippen LogP) is 14.7. The van der Waals surface area contributed by atoms with Gasteiger partial charge in [0.05, 0.1) is 33.2 Å². The smallest absolute Gasteiger partial charge is 0.176 e. The molecular formula is C45H90NO3+. The van der Waals surface area contributed by atoms with E-state index in [9.17, 15) is 5.21 Å². The molecule has 0 bridgehead atoms. The molecule has 49 heavy (non-hydrogen) atoms. The Kier molecular flexibility index (Phi) is 35.2. The lowest BCUT2D eigenvalue weighted by Gasteiger charge is -2.41. The minimum Gasteiger partial charge on any atom is -0.349 e. The molecule has 0 saturated carbocycles. The second-order valence-corrected chi connectivity index (χ2v) is 15.6. The fraction of sp³-hybridized carbons (Fsp3) is 0.911. The Bertz CT molecular complexity index is 669. The summed E-state index contributed by atoms with van der Waals surface area (Å²) in [6, 6.07) is 0. The average Bonchev–Trinajstić information content (AvgIpc) is 3.08. The third-order valence-electron chi connectivity index (χ3n) is 10.3. The molecule has 0 aliphatic heterocycles. The third-order valence-corrected chi connectivity index (χ3v) is 10.3. The molecule has 0 aliphatic carbocycles. The summed E-state index contributed by atoms with van der Waals surface area (Å²) in [6.45, 7) is 11.1. The molecule has 4 heteroatoms. The van der Waals surface area contributed by atoms with E-state index < -0.39 is 5.79 Å². The summed E-state index contributed by atoms with van der Waals surface area (Å²) in [5, 5.41) is 10.6. The summed E-state index contributed by atoms with van der Waals surface area (Å²) in [5.74, 6) is -0.433. The molecule has 0 aliphatic rings. The first kappa shape index (κ1) is 48.3. The molecule has 0 aromatic rings. The lowest BCUT2D eigenvalue weighted by atomic mass is 9.92. The lowest BCUT2D eigenvalue weighted by Crippen LogP contribution is -2.51. The molecule has 0 aromatic heterocycles. The highest BCUT2D eigenvalue weighted by molar-refractivity contribution is 4.82. The van der Waals surface area contributed by atoms with Crippen molar-refractivity contribution in [1.82, 2.24) is 0 Å². The van der Waals surface area contributed by atoms with Crippen molar-refractivity contribution >= 4 is 0 Å². The fourth-order valence-corrected chi connectivity index (χ4v) is 7.08. The quantitative estimate of drug-likeness (QED) is 0.0229. The van der Waals surface area contributed by atoms with Crippen LogP contribution in [-0.4, -0.2) is 49.5 Å². The van der Waals surface area contributed by atoms with Gasteiger partial charge in [-0.2, -0.15) is 4.65 Å². The summed E-state index contributed by atoms with van der Waals surface area (Å²) in [5.41, 5.74) is 0. The molecule has 0 saturated heterocycles. The van der Waals surface area contributed by atoms with E-state index in [-0.39, 0.29) is 10.6 Å². The Labute approximate surface area is 308 Å². The molecule has 0 radical (unpaired) electrons. The summed E-state index contributed by atoms with van der Waals surface area (Å²) in [6.07, 6.45) is 48.2. The molecule has 0 rings (SSSR count). The number of rotatable bonds is 39. The van der Waals surface area contributed by atoms with Gasteiger partial charge in [-0.3, -0.25) is 0 Å². The number of unbranched alkanes of at least 4 members (excludes halogenated alkanes) is 24. The summed E-state index contributed by atoms with van der Waals surface area (Å²) >= 11 is 0. The zero-order chi connectivity index (χ0) is 36.2. The van der Waals surface area contributed by atoms with Crippen molar-refractivity contribution in [3.05, 3.63) is 24.3 Å². The number of hydroxylamine groups is 3. The summed E-state index contributed by atoms with van der Waals surface area (Å²) < 4.78 is 13.3. The number of nitrogens with zero attached hydrogens (tertiary/aromatic N) is 1. The van der Waals surface area contributed by atoms with Crippen LogP contribution in [0.2, 0.25) is 0 Å². The Morgan fingerprint density at radius 3 is 1.06 bits per heavy atom. The highest BCUT2D eigenvalue weighted by Gasteiger charge is 2.42. The Morgan fingerprint density at radius 2 is 0.776 bits per heavy atom. The maximum Gasteiger partial charge on any atom is 0.176 e. The first-order valence-corrected chi connectivity index (χ1v) is 22.0.